The highest BCUT2D eigenvalue weighted by molar-refractivity contribution is 6.60. The maximum atomic E-state index is 6.16. The van der Waals surface area contributed by atoms with Crippen LogP contribution in [0.15, 0.2) is 18.2 Å². The Morgan fingerprint density at radius 1 is 1.08 bits per heavy atom. The van der Waals surface area contributed by atoms with Crippen molar-refractivity contribution in [1.29, 1.82) is 0 Å². The molecule has 0 saturated heterocycles. The quantitative estimate of drug-likeness (QED) is 0.410. The SMILES string of the molecule is CCCCCC1(C)OCc2cc(CCC[Si](OC)(OC)OC)ccc2O1. The molecule has 1 aliphatic heterocycles. The van der Waals surface area contributed by atoms with Crippen LogP contribution in [0.5, 0.6) is 5.75 Å². The Morgan fingerprint density at radius 2 is 1.81 bits per heavy atom. The van der Waals surface area contributed by atoms with E-state index in [1.165, 1.54) is 18.4 Å². The Bertz CT molecular complexity index is 553. The molecule has 1 atom stereocenters. The molecule has 1 unspecified atom stereocenters. The minimum Gasteiger partial charge on any atom is -0.462 e. The summed E-state index contributed by atoms with van der Waals surface area (Å²) in [5, 5.41) is 0. The summed E-state index contributed by atoms with van der Waals surface area (Å²) in [6.45, 7) is 4.86. The van der Waals surface area contributed by atoms with Crippen molar-refractivity contribution in [3.8, 4) is 5.75 Å². The van der Waals surface area contributed by atoms with E-state index in [0.717, 1.165) is 43.0 Å². The van der Waals surface area contributed by atoms with Crippen LogP contribution in [0.25, 0.3) is 0 Å². The maximum absolute atomic E-state index is 6.16. The molecule has 0 bridgehead atoms. The molecule has 0 N–H and O–H groups in total. The lowest BCUT2D eigenvalue weighted by molar-refractivity contribution is -0.198. The lowest BCUT2D eigenvalue weighted by Crippen LogP contribution is -2.42. The first kappa shape index (κ1) is 21.4. The van der Waals surface area contributed by atoms with Crippen molar-refractivity contribution in [3.05, 3.63) is 29.3 Å². The predicted octanol–water partition coefficient (Wildman–Crippen LogP) is 4.70. The second kappa shape index (κ2) is 9.85. The van der Waals surface area contributed by atoms with Crippen LogP contribution in [-0.2, 0) is 31.0 Å². The van der Waals surface area contributed by atoms with Crippen LogP contribution in [0.1, 0.15) is 57.1 Å². The number of fused-ring (bicyclic) bond motifs is 1. The Hall–Kier alpha value is -0.923. The van der Waals surface area contributed by atoms with Gasteiger partial charge in [-0.25, -0.2) is 0 Å². The topological polar surface area (TPSA) is 46.2 Å². The third-order valence-electron chi connectivity index (χ3n) is 5.10. The average molecular weight is 383 g/mol. The van der Waals surface area contributed by atoms with E-state index in [1.54, 1.807) is 21.3 Å². The fourth-order valence-electron chi connectivity index (χ4n) is 3.38. The van der Waals surface area contributed by atoms with Crippen LogP contribution in [0, 0.1) is 0 Å². The lowest BCUT2D eigenvalue weighted by atomic mass is 10.0. The summed E-state index contributed by atoms with van der Waals surface area (Å²) in [7, 11) is 2.49. The number of hydrogen-bond donors (Lipinski definition) is 0. The van der Waals surface area contributed by atoms with Gasteiger partial charge in [0.1, 0.15) is 5.75 Å². The van der Waals surface area contributed by atoms with E-state index in [0.29, 0.717) is 6.61 Å². The van der Waals surface area contributed by atoms with E-state index in [1.807, 2.05) is 6.92 Å². The summed E-state index contributed by atoms with van der Waals surface area (Å²) in [6, 6.07) is 7.22. The van der Waals surface area contributed by atoms with Gasteiger partial charge in [-0.1, -0.05) is 25.8 Å². The third kappa shape index (κ3) is 5.54. The van der Waals surface area contributed by atoms with Gasteiger partial charge in [-0.2, -0.15) is 0 Å². The zero-order valence-electron chi connectivity index (χ0n) is 16.9. The van der Waals surface area contributed by atoms with Crippen molar-refractivity contribution in [2.24, 2.45) is 0 Å². The second-order valence-corrected chi connectivity index (χ2v) is 10.2. The Balaban J connectivity index is 1.92. The molecule has 0 aliphatic carbocycles. The minimum absolute atomic E-state index is 0.496. The van der Waals surface area contributed by atoms with Crippen molar-refractivity contribution in [2.45, 2.75) is 70.8 Å². The zero-order valence-corrected chi connectivity index (χ0v) is 17.9. The van der Waals surface area contributed by atoms with Crippen LogP contribution in [-0.4, -0.2) is 35.9 Å². The van der Waals surface area contributed by atoms with E-state index in [4.69, 9.17) is 22.8 Å². The Kier molecular flexibility index (Phi) is 8.10. The monoisotopic (exact) mass is 382 g/mol. The number of rotatable bonds is 11. The van der Waals surface area contributed by atoms with Crippen molar-refractivity contribution in [3.63, 3.8) is 0 Å². The highest BCUT2D eigenvalue weighted by Gasteiger charge is 2.37. The Morgan fingerprint density at radius 3 is 2.46 bits per heavy atom. The second-order valence-electron chi connectivity index (χ2n) is 7.07. The van der Waals surface area contributed by atoms with Crippen LogP contribution in [0.3, 0.4) is 0 Å². The molecule has 6 heteroatoms. The van der Waals surface area contributed by atoms with E-state index in [2.05, 4.69) is 25.1 Å². The molecular weight excluding hydrogens is 348 g/mol. The summed E-state index contributed by atoms with van der Waals surface area (Å²) in [5.74, 6) is 0.456. The van der Waals surface area contributed by atoms with Crippen LogP contribution >= 0.6 is 0 Å². The fourth-order valence-corrected chi connectivity index (χ4v) is 5.10. The Labute approximate surface area is 159 Å². The normalized spacial score (nSPS) is 19.9. The first-order chi connectivity index (χ1) is 12.5. The van der Waals surface area contributed by atoms with Gasteiger partial charge < -0.3 is 22.8 Å². The van der Waals surface area contributed by atoms with Crippen LogP contribution in [0.4, 0.5) is 0 Å². The van der Waals surface area contributed by atoms with Crippen molar-refractivity contribution < 1.29 is 22.8 Å². The van der Waals surface area contributed by atoms with Gasteiger partial charge in [0.2, 0.25) is 5.79 Å². The number of unbranched alkanes of at least 4 members (excludes halogenated alkanes) is 2. The van der Waals surface area contributed by atoms with Crippen molar-refractivity contribution >= 4 is 8.80 Å². The molecule has 1 aliphatic rings. The predicted molar refractivity (Wildman–Crippen MR) is 104 cm³/mol. The molecule has 1 aromatic carbocycles. The molecule has 26 heavy (non-hydrogen) atoms. The fraction of sp³-hybridized carbons (Fsp3) is 0.700. The molecule has 0 aromatic heterocycles. The van der Waals surface area contributed by atoms with Gasteiger partial charge in [0, 0.05) is 46.3 Å². The average Bonchev–Trinajstić information content (AvgIpc) is 2.66. The molecule has 5 nitrogen and oxygen atoms in total. The molecule has 0 amide bonds. The van der Waals surface area contributed by atoms with Crippen molar-refractivity contribution in [2.75, 3.05) is 21.3 Å². The number of benzene rings is 1. The summed E-state index contributed by atoms with van der Waals surface area (Å²) in [6.07, 6.45) is 6.38. The molecule has 2 rings (SSSR count). The maximum Gasteiger partial charge on any atom is 0.500 e. The molecule has 0 saturated carbocycles. The van der Waals surface area contributed by atoms with Gasteiger partial charge in [-0.05, 0) is 37.0 Å². The van der Waals surface area contributed by atoms with Crippen molar-refractivity contribution in [1.82, 2.24) is 0 Å². The summed E-state index contributed by atoms with van der Waals surface area (Å²) in [5.41, 5.74) is 2.40. The summed E-state index contributed by atoms with van der Waals surface area (Å²) < 4.78 is 28.6. The molecular formula is C20H34O5Si. The third-order valence-corrected chi connectivity index (χ3v) is 7.93. The van der Waals surface area contributed by atoms with Gasteiger partial charge >= 0.3 is 8.80 Å². The molecule has 1 heterocycles. The zero-order chi connectivity index (χ0) is 19.0. The van der Waals surface area contributed by atoms with Crippen LogP contribution in [0.2, 0.25) is 6.04 Å². The lowest BCUT2D eigenvalue weighted by Gasteiger charge is -2.36. The summed E-state index contributed by atoms with van der Waals surface area (Å²) >= 11 is 0. The van der Waals surface area contributed by atoms with Gasteiger partial charge in [0.15, 0.2) is 0 Å². The van der Waals surface area contributed by atoms with Crippen LogP contribution < -0.4 is 4.74 Å². The van der Waals surface area contributed by atoms with Gasteiger partial charge in [-0.3, -0.25) is 0 Å². The standard InChI is InChI=1S/C20H34O5Si/c1-6-7-8-13-20(2)24-16-18-15-17(11-12-19(18)25-20)10-9-14-26(21-3,22-4)23-5/h11-12,15H,6-10,13-14,16H2,1-5H3. The number of hydrogen-bond acceptors (Lipinski definition) is 5. The highest BCUT2D eigenvalue weighted by atomic mass is 28.4. The summed E-state index contributed by atoms with van der Waals surface area (Å²) in [4.78, 5) is 0. The van der Waals surface area contributed by atoms with E-state index < -0.39 is 14.6 Å². The molecule has 0 spiro atoms. The molecule has 1 aromatic rings. The largest absolute Gasteiger partial charge is 0.500 e. The number of ether oxygens (including phenoxy) is 2. The van der Waals surface area contributed by atoms with E-state index in [-0.39, 0.29) is 0 Å². The van der Waals surface area contributed by atoms with Gasteiger partial charge in [-0.15, -0.1) is 0 Å². The minimum atomic E-state index is -2.48. The molecule has 0 fully saturated rings. The van der Waals surface area contributed by atoms with Gasteiger partial charge in [0.05, 0.1) is 6.61 Å². The number of aryl methyl sites for hydroxylation is 1. The molecule has 148 valence electrons. The smallest absolute Gasteiger partial charge is 0.462 e. The first-order valence-corrected chi connectivity index (χ1v) is 11.5. The molecule has 0 radical (unpaired) electrons. The van der Waals surface area contributed by atoms with Gasteiger partial charge in [0.25, 0.3) is 0 Å². The van der Waals surface area contributed by atoms with E-state index in [9.17, 15) is 0 Å². The van der Waals surface area contributed by atoms with E-state index >= 15 is 0 Å². The first-order valence-electron chi connectivity index (χ1n) is 9.60. The highest BCUT2D eigenvalue weighted by Crippen LogP contribution is 2.35.